The van der Waals surface area contributed by atoms with Gasteiger partial charge in [0.05, 0.1) is 20.3 Å². The summed E-state index contributed by atoms with van der Waals surface area (Å²) >= 11 is 3.41. The van der Waals surface area contributed by atoms with E-state index in [1.165, 1.54) is 21.3 Å². The van der Waals surface area contributed by atoms with Gasteiger partial charge in [0.1, 0.15) is 17.8 Å². The lowest BCUT2D eigenvalue weighted by molar-refractivity contribution is -0.110. The number of benzene rings is 2. The highest BCUT2D eigenvalue weighted by molar-refractivity contribution is 9.09. The normalized spacial score (nSPS) is 19.0. The average Bonchev–Trinajstić information content (AvgIpc) is 2.99. The number of carbonyl (C=O) groups is 1. The number of hydrogen-bond acceptors (Lipinski definition) is 5. The monoisotopic (exact) mass is 496 g/mol. The zero-order valence-electron chi connectivity index (χ0n) is 17.0. The summed E-state index contributed by atoms with van der Waals surface area (Å²) in [5.74, 6) is 1.12. The molecule has 1 aliphatic heterocycles. The number of ether oxygens (including phenoxy) is 2. The van der Waals surface area contributed by atoms with Crippen LogP contribution >= 0.6 is 15.9 Å². The predicted octanol–water partition coefficient (Wildman–Crippen LogP) is 2.77. The molecule has 1 atom stereocenters. The smallest absolute Gasteiger partial charge is 0.283 e. The Bertz CT molecular complexity index is 981. The van der Waals surface area contributed by atoms with Crippen LogP contribution in [-0.2, 0) is 34.5 Å². The average molecular weight is 497 g/mol. The Morgan fingerprint density at radius 2 is 1.77 bits per heavy atom. The molecular formula is C21H25BrN2O5S. The molecule has 9 heteroatoms. The number of nitrogens with zero attached hydrogens (tertiary/aromatic N) is 2. The Balaban J connectivity index is 1.81. The molecule has 0 amide bonds. The van der Waals surface area contributed by atoms with Crippen LogP contribution in [-0.4, -0.2) is 55.5 Å². The second kappa shape index (κ2) is 9.91. The molecule has 0 N–H and O–H groups in total. The molecule has 1 saturated heterocycles. The molecule has 1 fully saturated rings. The van der Waals surface area contributed by atoms with Gasteiger partial charge in [0, 0.05) is 36.6 Å². The molecule has 30 heavy (non-hydrogen) atoms. The van der Waals surface area contributed by atoms with E-state index in [2.05, 4.69) is 15.9 Å². The van der Waals surface area contributed by atoms with Gasteiger partial charge in [-0.25, -0.2) is 0 Å². The van der Waals surface area contributed by atoms with Crippen molar-refractivity contribution in [3.8, 4) is 11.5 Å². The van der Waals surface area contributed by atoms with Crippen LogP contribution in [0, 0.1) is 0 Å². The number of hydrogen-bond donors (Lipinski definition) is 0. The van der Waals surface area contributed by atoms with E-state index in [1.54, 1.807) is 25.3 Å². The maximum absolute atomic E-state index is 13.2. The summed E-state index contributed by atoms with van der Waals surface area (Å²) in [4.78, 5) is 11.7. The first-order valence-corrected chi connectivity index (χ1v) is 12.0. The fourth-order valence-electron chi connectivity index (χ4n) is 3.44. The molecular weight excluding hydrogens is 472 g/mol. The van der Waals surface area contributed by atoms with Crippen molar-refractivity contribution in [2.45, 2.75) is 25.6 Å². The summed E-state index contributed by atoms with van der Waals surface area (Å²) in [7, 11) is -0.744. The predicted molar refractivity (Wildman–Crippen MR) is 118 cm³/mol. The van der Waals surface area contributed by atoms with Gasteiger partial charge >= 0.3 is 0 Å². The van der Waals surface area contributed by atoms with Crippen LogP contribution in [0.15, 0.2) is 42.5 Å². The fourth-order valence-corrected chi connectivity index (χ4v) is 5.61. The molecule has 0 aromatic heterocycles. The van der Waals surface area contributed by atoms with Crippen molar-refractivity contribution in [2.24, 2.45) is 0 Å². The van der Waals surface area contributed by atoms with Crippen molar-refractivity contribution in [1.82, 2.24) is 8.61 Å². The first-order valence-electron chi connectivity index (χ1n) is 9.49. The van der Waals surface area contributed by atoms with Gasteiger partial charge in [-0.05, 0) is 23.6 Å². The van der Waals surface area contributed by atoms with Crippen LogP contribution in [0.3, 0.4) is 0 Å². The molecule has 2 aromatic carbocycles. The van der Waals surface area contributed by atoms with E-state index in [0.717, 1.165) is 17.3 Å². The van der Waals surface area contributed by atoms with E-state index < -0.39 is 16.3 Å². The van der Waals surface area contributed by atoms with Crippen LogP contribution < -0.4 is 9.47 Å². The summed E-state index contributed by atoms with van der Waals surface area (Å²) in [6.45, 7) is 0.380. The van der Waals surface area contributed by atoms with Crippen LogP contribution in [0.5, 0.6) is 11.5 Å². The third-order valence-corrected chi connectivity index (χ3v) is 7.45. The van der Waals surface area contributed by atoms with Crippen LogP contribution in [0.25, 0.3) is 0 Å². The second-order valence-corrected chi connectivity index (χ2v) is 9.66. The number of alkyl halides is 1. The Labute approximate surface area is 185 Å². The second-order valence-electron chi connectivity index (χ2n) is 6.98. The number of methoxy groups -OCH3 is 2. The maximum Gasteiger partial charge on any atom is 0.283 e. The van der Waals surface area contributed by atoms with Gasteiger partial charge in [0.25, 0.3) is 10.2 Å². The van der Waals surface area contributed by atoms with E-state index in [1.807, 2.05) is 24.3 Å². The van der Waals surface area contributed by atoms with Gasteiger partial charge in [-0.1, -0.05) is 46.3 Å². The number of rotatable bonds is 9. The Morgan fingerprint density at radius 1 is 1.07 bits per heavy atom. The summed E-state index contributed by atoms with van der Waals surface area (Å²) < 4.78 is 39.5. The largest absolute Gasteiger partial charge is 0.497 e. The number of carbonyl (C=O) groups excluding carboxylic acids is 1. The van der Waals surface area contributed by atoms with Crippen molar-refractivity contribution in [1.29, 1.82) is 0 Å². The summed E-state index contributed by atoms with van der Waals surface area (Å²) in [5.41, 5.74) is 2.72. The van der Waals surface area contributed by atoms with Gasteiger partial charge < -0.3 is 14.3 Å². The van der Waals surface area contributed by atoms with Gasteiger partial charge in [0.2, 0.25) is 0 Å². The third kappa shape index (κ3) is 4.85. The van der Waals surface area contributed by atoms with E-state index in [9.17, 15) is 13.2 Å². The standard InChI is InChI=1S/C21H25BrN2O5S/c1-28-20-8-7-18(21(11-20)29-2)13-24-19(15-25)14-23(30(24,26)27)12-17-5-3-16(4-6-17)9-10-22/h3-8,11,15,19H,9-10,12-14H2,1-2H3. The van der Waals surface area contributed by atoms with Crippen molar-refractivity contribution in [3.63, 3.8) is 0 Å². The third-order valence-electron chi connectivity index (χ3n) is 5.13. The van der Waals surface area contributed by atoms with Crippen molar-refractivity contribution in [3.05, 3.63) is 59.2 Å². The lowest BCUT2D eigenvalue weighted by Gasteiger charge is -2.21. The molecule has 0 aliphatic carbocycles. The lowest BCUT2D eigenvalue weighted by atomic mass is 10.1. The summed E-state index contributed by atoms with van der Waals surface area (Å²) in [5, 5.41) is 0.873. The molecule has 1 heterocycles. The summed E-state index contributed by atoms with van der Waals surface area (Å²) in [6, 6.07) is 12.3. The van der Waals surface area contributed by atoms with E-state index in [0.29, 0.717) is 23.3 Å². The minimum absolute atomic E-state index is 0.0413. The highest BCUT2D eigenvalue weighted by Gasteiger charge is 2.44. The van der Waals surface area contributed by atoms with Gasteiger partial charge in [-0.15, -0.1) is 0 Å². The number of aldehydes is 1. The molecule has 1 aliphatic rings. The minimum atomic E-state index is -3.81. The Morgan fingerprint density at radius 3 is 2.37 bits per heavy atom. The number of aryl methyl sites for hydroxylation is 1. The topological polar surface area (TPSA) is 76.2 Å². The van der Waals surface area contributed by atoms with E-state index >= 15 is 0 Å². The lowest BCUT2D eigenvalue weighted by Crippen LogP contribution is -2.36. The molecule has 2 aromatic rings. The molecule has 0 bridgehead atoms. The fraction of sp³-hybridized carbons (Fsp3) is 0.381. The highest BCUT2D eigenvalue weighted by atomic mass is 79.9. The SMILES string of the molecule is COc1ccc(CN2C(C=O)CN(Cc3ccc(CCBr)cc3)S2(=O)=O)c(OC)c1. The Hall–Kier alpha value is -1.94. The molecule has 3 rings (SSSR count). The molecule has 0 radical (unpaired) electrons. The molecule has 162 valence electrons. The van der Waals surface area contributed by atoms with Gasteiger partial charge in [-0.3, -0.25) is 0 Å². The quantitative estimate of drug-likeness (QED) is 0.394. The first-order chi connectivity index (χ1) is 14.4. The van der Waals surface area contributed by atoms with Crippen molar-refractivity contribution >= 4 is 32.4 Å². The van der Waals surface area contributed by atoms with Crippen molar-refractivity contribution < 1.29 is 22.7 Å². The molecule has 0 saturated carbocycles. The Kier molecular flexibility index (Phi) is 7.51. The highest BCUT2D eigenvalue weighted by Crippen LogP contribution is 2.31. The first kappa shape index (κ1) is 22.7. The zero-order valence-corrected chi connectivity index (χ0v) is 19.4. The zero-order chi connectivity index (χ0) is 21.7. The molecule has 0 spiro atoms. The van der Waals surface area contributed by atoms with Crippen LogP contribution in [0.4, 0.5) is 0 Å². The van der Waals surface area contributed by atoms with Crippen LogP contribution in [0.1, 0.15) is 16.7 Å². The number of halogens is 1. The summed E-state index contributed by atoms with van der Waals surface area (Å²) in [6.07, 6.45) is 1.60. The van der Waals surface area contributed by atoms with E-state index in [-0.39, 0.29) is 19.6 Å². The van der Waals surface area contributed by atoms with Crippen LogP contribution in [0.2, 0.25) is 0 Å². The van der Waals surface area contributed by atoms with Gasteiger partial charge in [0.15, 0.2) is 0 Å². The van der Waals surface area contributed by atoms with Crippen molar-refractivity contribution in [2.75, 3.05) is 26.1 Å². The maximum atomic E-state index is 13.2. The van der Waals surface area contributed by atoms with E-state index in [4.69, 9.17) is 9.47 Å². The molecule has 1 unspecified atom stereocenters. The van der Waals surface area contributed by atoms with Gasteiger partial charge in [-0.2, -0.15) is 17.0 Å². The molecule has 7 nitrogen and oxygen atoms in total. The minimum Gasteiger partial charge on any atom is -0.497 e.